The predicted octanol–water partition coefficient (Wildman–Crippen LogP) is 3.89. The van der Waals surface area contributed by atoms with Crippen LogP contribution in [0.2, 0.25) is 0 Å². The summed E-state index contributed by atoms with van der Waals surface area (Å²) in [5.74, 6) is -2.52. The molecule has 2 N–H and O–H groups in total. The molecule has 0 fully saturated rings. The topological polar surface area (TPSA) is 83.5 Å². The average Bonchev–Trinajstić information content (AvgIpc) is 2.60. The Balaban J connectivity index is 2.19. The molecule has 2 aromatic carbocycles. The molecule has 0 unspecified atom stereocenters. The third kappa shape index (κ3) is 5.72. The molecule has 0 aliphatic carbocycles. The zero-order valence-electron chi connectivity index (χ0n) is 15.2. The van der Waals surface area contributed by atoms with Gasteiger partial charge in [-0.15, -0.1) is 0 Å². The lowest BCUT2D eigenvalue weighted by molar-refractivity contribution is -0.138. The quantitative estimate of drug-likeness (QED) is 0.671. The summed E-state index contributed by atoms with van der Waals surface area (Å²) in [7, 11) is -4.52. The standard InChI is InChI=1S/C18H15F6NO4S/c1-16(27,15(26)25-13-7-5-11(6-8-13)17(19,20)21)10-30(28,29)14-4-2-3-12(9-14)18(22,23)24/h2-9,27H,10H2,1H3,(H,25,26)/t16-/m0/s1. The van der Waals surface area contributed by atoms with Crippen molar-refractivity contribution in [1.29, 1.82) is 0 Å². The van der Waals surface area contributed by atoms with Gasteiger partial charge >= 0.3 is 12.4 Å². The summed E-state index contributed by atoms with van der Waals surface area (Å²) >= 11 is 0. The second-order valence-corrected chi connectivity index (χ2v) is 8.58. The summed E-state index contributed by atoms with van der Waals surface area (Å²) in [6, 6.07) is 5.93. The Morgan fingerprint density at radius 3 is 1.97 bits per heavy atom. The Bertz CT molecular complexity index is 1030. The maximum absolute atomic E-state index is 12.8. The number of nitrogens with one attached hydrogen (secondary N) is 1. The van der Waals surface area contributed by atoms with E-state index in [0.29, 0.717) is 24.3 Å². The number of sulfone groups is 1. The zero-order chi connectivity index (χ0) is 23.0. The van der Waals surface area contributed by atoms with Gasteiger partial charge in [-0.1, -0.05) is 6.07 Å². The van der Waals surface area contributed by atoms with Crippen LogP contribution in [0, 0.1) is 0 Å². The number of carbonyl (C=O) groups excluding carboxylic acids is 1. The van der Waals surface area contributed by atoms with Gasteiger partial charge in [-0.05, 0) is 49.4 Å². The smallest absolute Gasteiger partial charge is 0.379 e. The molecule has 1 atom stereocenters. The van der Waals surface area contributed by atoms with Gasteiger partial charge in [0.1, 0.15) is 0 Å². The number of hydrogen-bond acceptors (Lipinski definition) is 4. The summed E-state index contributed by atoms with van der Waals surface area (Å²) in [6.07, 6.45) is -9.40. The van der Waals surface area contributed by atoms with E-state index in [1.165, 1.54) is 0 Å². The lowest BCUT2D eigenvalue weighted by atomic mass is 10.1. The van der Waals surface area contributed by atoms with Crippen molar-refractivity contribution in [2.75, 3.05) is 11.1 Å². The molecule has 0 radical (unpaired) electrons. The first-order valence-corrected chi connectivity index (χ1v) is 9.79. The Kier molecular flexibility index (Phi) is 6.24. The van der Waals surface area contributed by atoms with Crippen LogP contribution in [0.15, 0.2) is 53.4 Å². The van der Waals surface area contributed by atoms with Gasteiger partial charge in [0.15, 0.2) is 15.4 Å². The Hall–Kier alpha value is -2.60. The number of amides is 1. The Morgan fingerprint density at radius 2 is 1.47 bits per heavy atom. The highest BCUT2D eigenvalue weighted by molar-refractivity contribution is 7.91. The van der Waals surface area contributed by atoms with Gasteiger partial charge in [0, 0.05) is 5.69 Å². The lowest BCUT2D eigenvalue weighted by Crippen LogP contribution is -2.45. The van der Waals surface area contributed by atoms with Crippen LogP contribution in [0.25, 0.3) is 0 Å². The van der Waals surface area contributed by atoms with Gasteiger partial charge in [-0.3, -0.25) is 4.79 Å². The summed E-state index contributed by atoms with van der Waals surface area (Å²) in [4.78, 5) is 11.5. The van der Waals surface area contributed by atoms with Crippen LogP contribution in [-0.4, -0.2) is 30.8 Å². The van der Waals surface area contributed by atoms with E-state index in [0.717, 1.165) is 31.2 Å². The fourth-order valence-electron chi connectivity index (χ4n) is 2.39. The van der Waals surface area contributed by atoms with Crippen molar-refractivity contribution >= 4 is 21.4 Å². The minimum Gasteiger partial charge on any atom is -0.379 e. The fraction of sp³-hybridized carbons (Fsp3) is 0.278. The number of rotatable bonds is 5. The van der Waals surface area contributed by atoms with Crippen LogP contribution in [0.1, 0.15) is 18.1 Å². The minimum atomic E-state index is -4.80. The first-order valence-electron chi connectivity index (χ1n) is 8.13. The molecule has 30 heavy (non-hydrogen) atoms. The van der Waals surface area contributed by atoms with Crippen LogP contribution in [0.5, 0.6) is 0 Å². The molecule has 0 heterocycles. The molecule has 0 bridgehead atoms. The van der Waals surface area contributed by atoms with E-state index in [4.69, 9.17) is 0 Å². The third-order valence-corrected chi connectivity index (χ3v) is 5.87. The van der Waals surface area contributed by atoms with Crippen LogP contribution in [-0.2, 0) is 27.0 Å². The van der Waals surface area contributed by atoms with Crippen LogP contribution < -0.4 is 5.32 Å². The van der Waals surface area contributed by atoms with Gasteiger partial charge in [-0.25, -0.2) is 8.42 Å². The van der Waals surface area contributed by atoms with Gasteiger partial charge < -0.3 is 10.4 Å². The molecule has 5 nitrogen and oxygen atoms in total. The number of benzene rings is 2. The largest absolute Gasteiger partial charge is 0.416 e. The van der Waals surface area contributed by atoms with Crippen molar-refractivity contribution < 1.29 is 44.7 Å². The highest BCUT2D eigenvalue weighted by Crippen LogP contribution is 2.32. The monoisotopic (exact) mass is 455 g/mol. The van der Waals surface area contributed by atoms with Gasteiger partial charge in [0.05, 0.1) is 21.8 Å². The van der Waals surface area contributed by atoms with E-state index in [1.54, 1.807) is 0 Å². The van der Waals surface area contributed by atoms with Crippen molar-refractivity contribution in [2.24, 2.45) is 0 Å². The van der Waals surface area contributed by atoms with Crippen LogP contribution in [0.3, 0.4) is 0 Å². The van der Waals surface area contributed by atoms with Crippen molar-refractivity contribution in [2.45, 2.75) is 29.8 Å². The number of aliphatic hydroxyl groups is 1. The van der Waals surface area contributed by atoms with E-state index in [9.17, 15) is 44.7 Å². The summed E-state index contributed by atoms with van der Waals surface area (Å²) in [6.45, 7) is 0.817. The van der Waals surface area contributed by atoms with Crippen molar-refractivity contribution in [1.82, 2.24) is 0 Å². The van der Waals surface area contributed by atoms with E-state index in [2.05, 4.69) is 5.32 Å². The predicted molar refractivity (Wildman–Crippen MR) is 94.2 cm³/mol. The molecule has 0 aliphatic rings. The number of hydrogen-bond donors (Lipinski definition) is 2. The van der Waals surface area contributed by atoms with Gasteiger partial charge in [-0.2, -0.15) is 26.3 Å². The summed E-state index contributed by atoms with van der Waals surface area (Å²) in [5, 5.41) is 12.3. The molecule has 164 valence electrons. The number of carbonyl (C=O) groups is 1. The molecule has 0 aliphatic heterocycles. The SMILES string of the molecule is C[C@](O)(CS(=O)(=O)c1cccc(C(F)(F)F)c1)C(=O)Nc1ccc(C(F)(F)F)cc1. The van der Waals surface area contributed by atoms with E-state index in [-0.39, 0.29) is 5.69 Å². The van der Waals surface area contributed by atoms with E-state index in [1.807, 2.05) is 0 Å². The lowest BCUT2D eigenvalue weighted by Gasteiger charge is -2.22. The molecular formula is C18H15F6NO4S. The minimum absolute atomic E-state index is 0.148. The summed E-state index contributed by atoms with van der Waals surface area (Å²) < 4.78 is 101. The molecule has 2 rings (SSSR count). The molecule has 0 saturated carbocycles. The maximum atomic E-state index is 12.8. The molecule has 2 aromatic rings. The average molecular weight is 455 g/mol. The second-order valence-electron chi connectivity index (χ2n) is 6.59. The zero-order valence-corrected chi connectivity index (χ0v) is 16.0. The van der Waals surface area contributed by atoms with Crippen molar-refractivity contribution in [3.05, 3.63) is 59.7 Å². The fourth-order valence-corrected chi connectivity index (χ4v) is 4.02. The second kappa shape index (κ2) is 7.91. The number of halogens is 6. The first kappa shape index (κ1) is 23.7. The van der Waals surface area contributed by atoms with E-state index >= 15 is 0 Å². The van der Waals surface area contributed by atoms with Crippen LogP contribution >= 0.6 is 0 Å². The Labute approximate surface area is 167 Å². The van der Waals surface area contributed by atoms with Crippen LogP contribution in [0.4, 0.5) is 32.0 Å². The number of anilines is 1. The van der Waals surface area contributed by atoms with Crippen molar-refractivity contribution in [3.63, 3.8) is 0 Å². The molecule has 0 saturated heterocycles. The Morgan fingerprint density at radius 1 is 0.933 bits per heavy atom. The normalized spacial score (nSPS) is 14.8. The van der Waals surface area contributed by atoms with Gasteiger partial charge in [0.25, 0.3) is 5.91 Å². The highest BCUT2D eigenvalue weighted by atomic mass is 32.2. The molecular weight excluding hydrogens is 440 g/mol. The molecule has 0 spiro atoms. The molecule has 0 aromatic heterocycles. The summed E-state index contributed by atoms with van der Waals surface area (Å²) in [5.41, 5.74) is -4.95. The highest BCUT2D eigenvalue weighted by Gasteiger charge is 2.38. The molecule has 12 heteroatoms. The van der Waals surface area contributed by atoms with Gasteiger partial charge in [0.2, 0.25) is 0 Å². The number of alkyl halides is 6. The molecule has 1 amide bonds. The maximum Gasteiger partial charge on any atom is 0.416 e. The third-order valence-electron chi connectivity index (χ3n) is 3.95. The first-order chi connectivity index (χ1) is 13.5. The van der Waals surface area contributed by atoms with Crippen molar-refractivity contribution in [3.8, 4) is 0 Å². The van der Waals surface area contributed by atoms with E-state index < -0.39 is 55.5 Å².